The second-order valence-corrected chi connectivity index (χ2v) is 12.3. The molecule has 0 spiro atoms. The molecule has 5 unspecified atom stereocenters. The average molecular weight is 631 g/mol. The third-order valence-electron chi connectivity index (χ3n) is 8.64. The van der Waals surface area contributed by atoms with Crippen LogP contribution in [0.25, 0.3) is 0 Å². The van der Waals surface area contributed by atoms with Crippen LogP contribution in [0.2, 0.25) is 5.02 Å². The van der Waals surface area contributed by atoms with Crippen LogP contribution in [0.4, 0.5) is 0 Å². The van der Waals surface area contributed by atoms with E-state index in [1.807, 2.05) is 30.3 Å². The zero-order valence-corrected chi connectivity index (χ0v) is 26.6. The lowest BCUT2D eigenvalue weighted by Gasteiger charge is -2.43. The topological polar surface area (TPSA) is 118 Å². The van der Waals surface area contributed by atoms with Crippen molar-refractivity contribution in [2.24, 2.45) is 5.41 Å². The zero-order chi connectivity index (χ0) is 31.9. The van der Waals surface area contributed by atoms with Crippen molar-refractivity contribution in [2.75, 3.05) is 13.2 Å². The summed E-state index contributed by atoms with van der Waals surface area (Å²) in [6.45, 7) is 6.34. The van der Waals surface area contributed by atoms with Crippen molar-refractivity contribution in [3.05, 3.63) is 64.2 Å². The number of hydrogen-bond donors (Lipinski definition) is 1. The maximum absolute atomic E-state index is 12.1. The highest BCUT2D eigenvalue weighted by atomic mass is 35.5. The molecule has 4 rings (SSSR count). The highest BCUT2D eigenvalue weighted by Crippen LogP contribution is 2.40. The van der Waals surface area contributed by atoms with Crippen LogP contribution in [-0.2, 0) is 39.8 Å². The smallest absolute Gasteiger partial charge is 0.303 e. The SMILES string of the molecule is CCC1(COc2ccc(Cc3cc(C4OC(COC(C)=O)C(O)C(OC(C)=O)C4OC(C)=O)ccc3Cl)cc2)CCCCC1. The van der Waals surface area contributed by atoms with Crippen LogP contribution < -0.4 is 4.74 Å². The van der Waals surface area contributed by atoms with E-state index >= 15 is 0 Å². The minimum Gasteiger partial charge on any atom is -0.493 e. The molecule has 0 amide bonds. The van der Waals surface area contributed by atoms with Gasteiger partial charge in [-0.1, -0.05) is 62.1 Å². The van der Waals surface area contributed by atoms with E-state index in [1.165, 1.54) is 52.9 Å². The van der Waals surface area contributed by atoms with Crippen LogP contribution in [-0.4, -0.2) is 60.6 Å². The second-order valence-electron chi connectivity index (χ2n) is 11.9. The summed E-state index contributed by atoms with van der Waals surface area (Å²) in [4.78, 5) is 35.5. The number of ether oxygens (including phenoxy) is 5. The van der Waals surface area contributed by atoms with Gasteiger partial charge in [0.25, 0.3) is 0 Å². The largest absolute Gasteiger partial charge is 0.493 e. The van der Waals surface area contributed by atoms with Crippen molar-refractivity contribution in [1.82, 2.24) is 0 Å². The summed E-state index contributed by atoms with van der Waals surface area (Å²) in [5, 5.41) is 11.5. The van der Waals surface area contributed by atoms with Crippen LogP contribution in [0, 0.1) is 5.41 Å². The molecule has 44 heavy (non-hydrogen) atoms. The number of aliphatic hydroxyl groups is 1. The van der Waals surface area contributed by atoms with Gasteiger partial charge < -0.3 is 28.8 Å². The van der Waals surface area contributed by atoms with Crippen molar-refractivity contribution in [1.29, 1.82) is 0 Å². The van der Waals surface area contributed by atoms with Gasteiger partial charge in [0, 0.05) is 31.2 Å². The Bertz CT molecular complexity index is 1290. The fraction of sp³-hybridized carbons (Fsp3) is 0.559. The maximum atomic E-state index is 12.1. The summed E-state index contributed by atoms with van der Waals surface area (Å²) < 4.78 is 28.4. The summed E-state index contributed by atoms with van der Waals surface area (Å²) in [7, 11) is 0. The molecule has 1 N–H and O–H groups in total. The first-order valence-electron chi connectivity index (χ1n) is 15.3. The number of esters is 3. The number of carbonyl (C=O) groups excluding carboxylic acids is 3. The van der Waals surface area contributed by atoms with Gasteiger partial charge in [-0.15, -0.1) is 0 Å². The zero-order valence-electron chi connectivity index (χ0n) is 25.9. The van der Waals surface area contributed by atoms with Gasteiger partial charge in [0.05, 0.1) is 6.61 Å². The van der Waals surface area contributed by atoms with E-state index in [4.69, 9.17) is 35.3 Å². The van der Waals surface area contributed by atoms with Crippen molar-refractivity contribution in [2.45, 2.75) is 103 Å². The third kappa shape index (κ3) is 8.73. The monoisotopic (exact) mass is 630 g/mol. The molecule has 0 radical (unpaired) electrons. The van der Waals surface area contributed by atoms with Gasteiger partial charge in [-0.25, -0.2) is 0 Å². The van der Waals surface area contributed by atoms with E-state index in [0.29, 0.717) is 17.0 Å². The fourth-order valence-corrected chi connectivity index (χ4v) is 6.33. The van der Waals surface area contributed by atoms with Crippen LogP contribution in [0.15, 0.2) is 42.5 Å². The minimum absolute atomic E-state index is 0.262. The van der Waals surface area contributed by atoms with Gasteiger partial charge >= 0.3 is 17.9 Å². The lowest BCUT2D eigenvalue weighted by Crippen LogP contribution is -2.58. The van der Waals surface area contributed by atoms with Gasteiger partial charge in [0.15, 0.2) is 12.2 Å². The van der Waals surface area contributed by atoms with E-state index in [1.54, 1.807) is 12.1 Å². The highest BCUT2D eigenvalue weighted by molar-refractivity contribution is 6.31. The molecule has 1 aliphatic carbocycles. The van der Waals surface area contributed by atoms with Gasteiger partial charge in [-0.2, -0.15) is 0 Å². The number of rotatable bonds is 11. The molecule has 2 fully saturated rings. The Hall–Kier alpha value is -3.14. The fourth-order valence-electron chi connectivity index (χ4n) is 6.15. The normalized spacial score (nSPS) is 24.6. The molecule has 5 atom stereocenters. The quantitative estimate of drug-likeness (QED) is 0.239. The van der Waals surface area contributed by atoms with Crippen molar-refractivity contribution in [3.8, 4) is 5.75 Å². The molecule has 1 saturated carbocycles. The molecule has 2 aromatic carbocycles. The van der Waals surface area contributed by atoms with Crippen LogP contribution in [0.1, 0.15) is 89.0 Å². The summed E-state index contributed by atoms with van der Waals surface area (Å²) in [5.41, 5.74) is 2.66. The minimum atomic E-state index is -1.42. The van der Waals surface area contributed by atoms with Crippen molar-refractivity contribution in [3.63, 3.8) is 0 Å². The lowest BCUT2D eigenvalue weighted by atomic mass is 9.73. The third-order valence-corrected chi connectivity index (χ3v) is 9.01. The van der Waals surface area contributed by atoms with E-state index in [-0.39, 0.29) is 12.0 Å². The van der Waals surface area contributed by atoms with Crippen molar-refractivity contribution < 1.29 is 43.2 Å². The van der Waals surface area contributed by atoms with E-state index in [9.17, 15) is 19.5 Å². The first kappa shape index (κ1) is 33.7. The first-order chi connectivity index (χ1) is 21.0. The predicted octanol–water partition coefficient (Wildman–Crippen LogP) is 5.90. The molecule has 240 valence electrons. The predicted molar refractivity (Wildman–Crippen MR) is 163 cm³/mol. The summed E-state index contributed by atoms with van der Waals surface area (Å²) in [5.74, 6) is -1.05. The van der Waals surface area contributed by atoms with Crippen LogP contribution in [0.3, 0.4) is 0 Å². The molecule has 0 aromatic heterocycles. The molecule has 9 nitrogen and oxygen atoms in total. The van der Waals surface area contributed by atoms with E-state index in [0.717, 1.165) is 29.9 Å². The Morgan fingerprint density at radius 3 is 2.20 bits per heavy atom. The summed E-state index contributed by atoms with van der Waals surface area (Å²) in [6.07, 6.45) is 2.04. The summed E-state index contributed by atoms with van der Waals surface area (Å²) in [6, 6.07) is 13.3. The van der Waals surface area contributed by atoms with Gasteiger partial charge in [-0.3, -0.25) is 14.4 Å². The Balaban J connectivity index is 1.54. The molecule has 2 aromatic rings. The number of aliphatic hydroxyl groups excluding tert-OH is 1. The van der Waals surface area contributed by atoms with Gasteiger partial charge in [-0.05, 0) is 60.6 Å². The number of halogens is 1. The first-order valence-corrected chi connectivity index (χ1v) is 15.7. The average Bonchev–Trinajstić information content (AvgIpc) is 2.99. The molecule has 2 aliphatic rings. The lowest BCUT2D eigenvalue weighted by molar-refractivity contribution is -0.249. The van der Waals surface area contributed by atoms with E-state index < -0.39 is 48.4 Å². The molecule has 10 heteroatoms. The van der Waals surface area contributed by atoms with Crippen LogP contribution in [0.5, 0.6) is 5.75 Å². The second kappa shape index (κ2) is 15.2. The molecular formula is C34H43ClO9. The number of hydrogen-bond acceptors (Lipinski definition) is 9. The van der Waals surface area contributed by atoms with Crippen molar-refractivity contribution >= 4 is 29.5 Å². The van der Waals surface area contributed by atoms with Gasteiger partial charge in [0.2, 0.25) is 0 Å². The maximum Gasteiger partial charge on any atom is 0.303 e. The Morgan fingerprint density at radius 2 is 1.59 bits per heavy atom. The summed E-state index contributed by atoms with van der Waals surface area (Å²) >= 11 is 6.62. The number of benzene rings is 2. The Kier molecular flexibility index (Phi) is 11.7. The number of carbonyl (C=O) groups is 3. The molecule has 1 saturated heterocycles. The molecular weight excluding hydrogens is 588 g/mol. The Labute approximate surface area is 264 Å². The van der Waals surface area contributed by atoms with Crippen LogP contribution >= 0.6 is 11.6 Å². The molecule has 1 aliphatic heterocycles. The molecule has 0 bridgehead atoms. The standard InChI is InChI=1S/C34H43ClO9/c1-5-34(15-7-6-8-16-34)20-41-27-12-9-24(10-13-27)17-26-18-25(11-14-28(26)35)31-33(43-23(4)38)32(42-22(3)37)30(39)29(44-31)19-40-21(2)36/h9-14,18,29-33,39H,5-8,15-17,19-20H2,1-4H3. The van der Waals surface area contributed by atoms with Gasteiger partial charge in [0.1, 0.15) is 30.7 Å². The highest BCUT2D eigenvalue weighted by Gasteiger charge is 2.50. The van der Waals surface area contributed by atoms with E-state index in [2.05, 4.69) is 6.92 Å². The Morgan fingerprint density at radius 1 is 0.932 bits per heavy atom. The molecule has 1 heterocycles.